The molecule has 0 bridgehead atoms. The van der Waals surface area contributed by atoms with Gasteiger partial charge in [-0.2, -0.15) is 5.10 Å². The van der Waals surface area contributed by atoms with Crippen molar-refractivity contribution in [3.63, 3.8) is 0 Å². The summed E-state index contributed by atoms with van der Waals surface area (Å²) in [5.74, 6) is -0.0704. The second-order valence-corrected chi connectivity index (χ2v) is 3.65. The van der Waals surface area contributed by atoms with Gasteiger partial charge >= 0.3 is 0 Å². The predicted octanol–water partition coefficient (Wildman–Crippen LogP) is 2.52. The summed E-state index contributed by atoms with van der Waals surface area (Å²) in [6.45, 7) is 2.13. The van der Waals surface area contributed by atoms with Gasteiger partial charge < -0.3 is 0 Å². The molecule has 0 fully saturated rings. The first-order chi connectivity index (χ1) is 7.83. The third-order valence-electron chi connectivity index (χ3n) is 2.17. The van der Waals surface area contributed by atoms with Gasteiger partial charge in [0.15, 0.2) is 0 Å². The summed E-state index contributed by atoms with van der Waals surface area (Å²) in [5, 5.41) is 3.88. The molecular formula is C13H18N2O. The van der Waals surface area contributed by atoms with E-state index in [0.717, 1.165) is 24.8 Å². The molecule has 0 atom stereocenters. The average molecular weight is 218 g/mol. The molecule has 0 aliphatic carbocycles. The zero-order chi connectivity index (χ0) is 11.6. The lowest BCUT2D eigenvalue weighted by Gasteiger charge is -1.99. The molecule has 16 heavy (non-hydrogen) atoms. The molecule has 3 nitrogen and oxygen atoms in total. The van der Waals surface area contributed by atoms with Crippen molar-refractivity contribution in [1.29, 1.82) is 0 Å². The Kier molecular flexibility index (Phi) is 5.92. The van der Waals surface area contributed by atoms with Gasteiger partial charge in [-0.1, -0.05) is 43.7 Å². The Morgan fingerprint density at radius 2 is 2.12 bits per heavy atom. The van der Waals surface area contributed by atoms with Crippen LogP contribution in [0.3, 0.4) is 0 Å². The Hall–Kier alpha value is -1.64. The van der Waals surface area contributed by atoms with Crippen LogP contribution in [0.15, 0.2) is 35.4 Å². The number of benzene rings is 1. The SMILES string of the molecule is CCCC/C=N/NC(=O)Cc1ccccc1. The van der Waals surface area contributed by atoms with Crippen LogP contribution in [0.2, 0.25) is 0 Å². The van der Waals surface area contributed by atoms with E-state index in [2.05, 4.69) is 17.5 Å². The summed E-state index contributed by atoms with van der Waals surface area (Å²) in [5.41, 5.74) is 3.52. The number of unbranched alkanes of at least 4 members (excludes halogenated alkanes) is 2. The number of carbonyl (C=O) groups excluding carboxylic acids is 1. The highest BCUT2D eigenvalue weighted by atomic mass is 16.2. The average Bonchev–Trinajstić information content (AvgIpc) is 2.30. The zero-order valence-corrected chi connectivity index (χ0v) is 9.65. The van der Waals surface area contributed by atoms with Gasteiger partial charge in [0.2, 0.25) is 5.91 Å². The fourth-order valence-corrected chi connectivity index (χ4v) is 1.30. The third-order valence-corrected chi connectivity index (χ3v) is 2.17. The van der Waals surface area contributed by atoms with Crippen LogP contribution >= 0.6 is 0 Å². The van der Waals surface area contributed by atoms with Crippen LogP contribution < -0.4 is 5.43 Å². The summed E-state index contributed by atoms with van der Waals surface area (Å²) in [7, 11) is 0. The minimum absolute atomic E-state index is 0.0704. The third kappa shape index (κ3) is 5.29. The van der Waals surface area contributed by atoms with Gasteiger partial charge in [0, 0.05) is 6.21 Å². The lowest BCUT2D eigenvalue weighted by atomic mass is 10.1. The van der Waals surface area contributed by atoms with Crippen molar-refractivity contribution < 1.29 is 4.79 Å². The normalized spacial score (nSPS) is 10.6. The highest BCUT2D eigenvalue weighted by Gasteiger charge is 1.99. The van der Waals surface area contributed by atoms with Crippen LogP contribution in [0, 0.1) is 0 Å². The maximum absolute atomic E-state index is 11.4. The molecule has 0 saturated carbocycles. The summed E-state index contributed by atoms with van der Waals surface area (Å²) >= 11 is 0. The largest absolute Gasteiger partial charge is 0.273 e. The molecule has 1 N–H and O–H groups in total. The Morgan fingerprint density at radius 1 is 1.38 bits per heavy atom. The first-order valence-corrected chi connectivity index (χ1v) is 5.67. The number of hydrazone groups is 1. The molecule has 0 radical (unpaired) electrons. The number of hydrogen-bond acceptors (Lipinski definition) is 2. The minimum atomic E-state index is -0.0704. The second kappa shape index (κ2) is 7.63. The van der Waals surface area contributed by atoms with Crippen molar-refractivity contribution in [1.82, 2.24) is 5.43 Å². The number of nitrogens with one attached hydrogen (secondary N) is 1. The Bertz CT molecular complexity index is 333. The van der Waals surface area contributed by atoms with E-state index in [4.69, 9.17) is 0 Å². The molecule has 1 aromatic carbocycles. The zero-order valence-electron chi connectivity index (χ0n) is 9.65. The van der Waals surface area contributed by atoms with E-state index >= 15 is 0 Å². The van der Waals surface area contributed by atoms with Crippen molar-refractivity contribution in [3.05, 3.63) is 35.9 Å². The first-order valence-electron chi connectivity index (χ1n) is 5.67. The van der Waals surface area contributed by atoms with Crippen molar-refractivity contribution in [2.45, 2.75) is 32.6 Å². The van der Waals surface area contributed by atoms with Gasteiger partial charge in [-0.3, -0.25) is 4.79 Å². The molecule has 1 rings (SSSR count). The number of carbonyl (C=O) groups is 1. The second-order valence-electron chi connectivity index (χ2n) is 3.65. The fraction of sp³-hybridized carbons (Fsp3) is 0.385. The van der Waals surface area contributed by atoms with E-state index in [1.807, 2.05) is 30.3 Å². The predicted molar refractivity (Wildman–Crippen MR) is 66.3 cm³/mol. The highest BCUT2D eigenvalue weighted by molar-refractivity contribution is 5.79. The van der Waals surface area contributed by atoms with E-state index in [9.17, 15) is 4.79 Å². The standard InChI is InChI=1S/C13H18N2O/c1-2-3-7-10-14-15-13(16)11-12-8-5-4-6-9-12/h4-6,8-10H,2-3,7,11H2,1H3,(H,15,16)/b14-10+. The summed E-state index contributed by atoms with van der Waals surface area (Å²) in [6, 6.07) is 9.64. The van der Waals surface area contributed by atoms with Gasteiger partial charge in [-0.05, 0) is 18.4 Å². The monoisotopic (exact) mass is 218 g/mol. The van der Waals surface area contributed by atoms with Crippen molar-refractivity contribution in [2.24, 2.45) is 5.10 Å². The van der Waals surface area contributed by atoms with E-state index < -0.39 is 0 Å². The molecule has 1 amide bonds. The molecule has 0 unspecified atom stereocenters. The summed E-state index contributed by atoms with van der Waals surface area (Å²) in [4.78, 5) is 11.4. The van der Waals surface area contributed by atoms with E-state index in [1.165, 1.54) is 0 Å². The first kappa shape index (κ1) is 12.4. The van der Waals surface area contributed by atoms with Crippen LogP contribution in [-0.2, 0) is 11.2 Å². The molecule has 0 spiro atoms. The van der Waals surface area contributed by atoms with Gasteiger partial charge in [-0.15, -0.1) is 0 Å². The van der Waals surface area contributed by atoms with Gasteiger partial charge in [0.25, 0.3) is 0 Å². The molecule has 86 valence electrons. The van der Waals surface area contributed by atoms with Crippen molar-refractivity contribution in [2.75, 3.05) is 0 Å². The molecule has 1 aromatic rings. The lowest BCUT2D eigenvalue weighted by Crippen LogP contribution is -2.19. The van der Waals surface area contributed by atoms with Gasteiger partial charge in [-0.25, -0.2) is 5.43 Å². The van der Waals surface area contributed by atoms with Crippen molar-refractivity contribution >= 4 is 12.1 Å². The van der Waals surface area contributed by atoms with E-state index in [-0.39, 0.29) is 5.91 Å². The van der Waals surface area contributed by atoms with Crippen molar-refractivity contribution in [3.8, 4) is 0 Å². The van der Waals surface area contributed by atoms with E-state index in [1.54, 1.807) is 6.21 Å². The quantitative estimate of drug-likeness (QED) is 0.445. The topological polar surface area (TPSA) is 41.5 Å². The van der Waals surface area contributed by atoms with Gasteiger partial charge in [0.05, 0.1) is 6.42 Å². The maximum Gasteiger partial charge on any atom is 0.244 e. The molecule has 0 heterocycles. The smallest absolute Gasteiger partial charge is 0.244 e. The van der Waals surface area contributed by atoms with Crippen LogP contribution in [0.25, 0.3) is 0 Å². The Balaban J connectivity index is 2.24. The number of nitrogens with zero attached hydrogens (tertiary/aromatic N) is 1. The fourth-order valence-electron chi connectivity index (χ4n) is 1.30. The number of rotatable bonds is 6. The Labute approximate surface area is 96.6 Å². The molecular weight excluding hydrogens is 200 g/mol. The highest BCUT2D eigenvalue weighted by Crippen LogP contribution is 1.98. The van der Waals surface area contributed by atoms with Crippen LogP contribution in [0.1, 0.15) is 31.7 Å². The minimum Gasteiger partial charge on any atom is -0.273 e. The molecule has 3 heteroatoms. The molecule has 0 saturated heterocycles. The Morgan fingerprint density at radius 3 is 2.81 bits per heavy atom. The summed E-state index contributed by atoms with van der Waals surface area (Å²) < 4.78 is 0. The van der Waals surface area contributed by atoms with Crippen LogP contribution in [0.4, 0.5) is 0 Å². The van der Waals surface area contributed by atoms with Crippen LogP contribution in [-0.4, -0.2) is 12.1 Å². The maximum atomic E-state index is 11.4. The number of hydrogen-bond donors (Lipinski definition) is 1. The van der Waals surface area contributed by atoms with Crippen LogP contribution in [0.5, 0.6) is 0 Å². The van der Waals surface area contributed by atoms with E-state index in [0.29, 0.717) is 6.42 Å². The summed E-state index contributed by atoms with van der Waals surface area (Å²) in [6.07, 6.45) is 5.31. The molecule has 0 aromatic heterocycles. The lowest BCUT2D eigenvalue weighted by molar-refractivity contribution is -0.120. The molecule has 0 aliphatic rings. The van der Waals surface area contributed by atoms with Gasteiger partial charge in [0.1, 0.15) is 0 Å². The number of amides is 1. The molecule has 0 aliphatic heterocycles.